The molecule has 1 aliphatic heterocycles. The summed E-state index contributed by atoms with van der Waals surface area (Å²) in [5.41, 5.74) is 1.03. The van der Waals surface area contributed by atoms with E-state index in [0.717, 1.165) is 48.1 Å². The number of rotatable bonds is 7. The number of hydrogen-bond acceptors (Lipinski definition) is 4. The molecule has 0 bridgehead atoms. The van der Waals surface area contributed by atoms with Gasteiger partial charge in [-0.2, -0.15) is 0 Å². The highest BCUT2D eigenvalue weighted by Crippen LogP contribution is 2.21. The van der Waals surface area contributed by atoms with Crippen LogP contribution in [0.4, 0.5) is 4.79 Å². The molecule has 1 amide bonds. The fourth-order valence-corrected chi connectivity index (χ4v) is 3.27. The molecule has 1 fully saturated rings. The van der Waals surface area contributed by atoms with Gasteiger partial charge in [-0.3, -0.25) is 4.99 Å². The van der Waals surface area contributed by atoms with Crippen LogP contribution in [0.5, 0.6) is 5.75 Å². The van der Waals surface area contributed by atoms with Gasteiger partial charge in [0.1, 0.15) is 5.75 Å². The minimum absolute atomic E-state index is 0.223. The Morgan fingerprint density at radius 2 is 2.11 bits per heavy atom. The molecule has 2 N–H and O–H groups in total. The highest BCUT2D eigenvalue weighted by atomic mass is 35.5. The average Bonchev–Trinajstić information content (AvgIpc) is 2.69. The summed E-state index contributed by atoms with van der Waals surface area (Å²) in [6.07, 6.45) is 2.38. The molecule has 0 aromatic heterocycles. The fraction of sp³-hybridized carbons (Fsp3) is 0.600. The van der Waals surface area contributed by atoms with Crippen LogP contribution in [0.15, 0.2) is 23.2 Å². The van der Waals surface area contributed by atoms with E-state index in [-0.39, 0.29) is 6.09 Å². The molecule has 0 radical (unpaired) electrons. The summed E-state index contributed by atoms with van der Waals surface area (Å²) in [7, 11) is 1.76. The Morgan fingerprint density at radius 1 is 1.36 bits per heavy atom. The van der Waals surface area contributed by atoms with E-state index in [2.05, 4.69) is 15.6 Å². The van der Waals surface area contributed by atoms with Gasteiger partial charge in [0.15, 0.2) is 5.96 Å². The molecule has 0 atom stereocenters. The van der Waals surface area contributed by atoms with Crippen molar-refractivity contribution >= 4 is 23.7 Å². The maximum atomic E-state index is 11.8. The van der Waals surface area contributed by atoms with Crippen molar-refractivity contribution in [1.82, 2.24) is 15.5 Å². The summed E-state index contributed by atoms with van der Waals surface area (Å²) in [4.78, 5) is 17.8. The van der Waals surface area contributed by atoms with E-state index in [0.29, 0.717) is 32.3 Å². The molecule has 0 saturated carbocycles. The lowest BCUT2D eigenvalue weighted by atomic mass is 10.1. The van der Waals surface area contributed by atoms with Gasteiger partial charge in [-0.05, 0) is 56.9 Å². The number of aliphatic imine (C=N–C) groups is 1. The van der Waals surface area contributed by atoms with Crippen LogP contribution >= 0.6 is 11.6 Å². The summed E-state index contributed by atoms with van der Waals surface area (Å²) < 4.78 is 10.9. The second-order valence-electron chi connectivity index (χ2n) is 6.72. The SMILES string of the molecule is CCOC(=O)N1CCC(NC(=NC)NCCCOc2ccc(Cl)cc2C)CC1. The smallest absolute Gasteiger partial charge is 0.409 e. The third-order valence-electron chi connectivity index (χ3n) is 4.59. The molecule has 28 heavy (non-hydrogen) atoms. The number of amides is 1. The zero-order valence-corrected chi connectivity index (χ0v) is 17.7. The number of nitrogens with zero attached hydrogens (tertiary/aromatic N) is 2. The monoisotopic (exact) mass is 410 g/mol. The summed E-state index contributed by atoms with van der Waals surface area (Å²) in [6.45, 7) is 6.98. The van der Waals surface area contributed by atoms with Crippen LogP contribution in [0.1, 0.15) is 31.7 Å². The topological polar surface area (TPSA) is 75.2 Å². The molecular formula is C20H31ClN4O3. The first-order valence-electron chi connectivity index (χ1n) is 9.81. The first-order chi connectivity index (χ1) is 13.5. The Hall–Kier alpha value is -2.15. The molecule has 1 aromatic rings. The van der Waals surface area contributed by atoms with Crippen LogP contribution in [0.2, 0.25) is 5.02 Å². The zero-order chi connectivity index (χ0) is 20.4. The molecule has 0 unspecified atom stereocenters. The van der Waals surface area contributed by atoms with E-state index < -0.39 is 0 Å². The van der Waals surface area contributed by atoms with Gasteiger partial charge in [-0.15, -0.1) is 0 Å². The molecule has 1 saturated heterocycles. The van der Waals surface area contributed by atoms with Crippen LogP contribution in [-0.2, 0) is 4.74 Å². The third kappa shape index (κ3) is 7.11. The lowest BCUT2D eigenvalue weighted by molar-refractivity contribution is 0.0963. The number of ether oxygens (including phenoxy) is 2. The molecule has 0 aliphatic carbocycles. The minimum Gasteiger partial charge on any atom is -0.493 e. The van der Waals surface area contributed by atoms with Gasteiger partial charge in [0.05, 0.1) is 13.2 Å². The van der Waals surface area contributed by atoms with Crippen molar-refractivity contribution in [2.45, 2.75) is 39.2 Å². The minimum atomic E-state index is -0.223. The molecule has 1 heterocycles. The van der Waals surface area contributed by atoms with Gasteiger partial charge in [-0.25, -0.2) is 4.79 Å². The largest absolute Gasteiger partial charge is 0.493 e. The number of carbonyl (C=O) groups is 1. The summed E-state index contributed by atoms with van der Waals surface area (Å²) in [5, 5.41) is 7.46. The zero-order valence-electron chi connectivity index (χ0n) is 17.0. The summed E-state index contributed by atoms with van der Waals surface area (Å²) in [6, 6.07) is 5.92. The quantitative estimate of drug-likeness (QED) is 0.410. The van der Waals surface area contributed by atoms with E-state index in [9.17, 15) is 4.79 Å². The highest BCUT2D eigenvalue weighted by Gasteiger charge is 2.23. The number of likely N-dealkylation sites (tertiary alicyclic amines) is 1. The van der Waals surface area contributed by atoms with E-state index in [1.54, 1.807) is 11.9 Å². The standard InChI is InChI=1S/C20H31ClN4O3/c1-4-27-20(26)25-11-8-17(9-12-25)24-19(22-3)23-10-5-13-28-18-7-6-16(21)14-15(18)2/h6-7,14,17H,4-5,8-13H2,1-3H3,(H2,22,23,24). The fourth-order valence-electron chi connectivity index (χ4n) is 3.04. The third-order valence-corrected chi connectivity index (χ3v) is 4.83. The van der Waals surface area contributed by atoms with Crippen LogP contribution in [0.3, 0.4) is 0 Å². The van der Waals surface area contributed by atoms with Crippen molar-refractivity contribution in [3.05, 3.63) is 28.8 Å². The average molecular weight is 411 g/mol. The number of halogens is 1. The lowest BCUT2D eigenvalue weighted by Gasteiger charge is -2.32. The number of guanidine groups is 1. The Labute approximate surface area is 172 Å². The maximum absolute atomic E-state index is 11.8. The number of aryl methyl sites for hydroxylation is 1. The van der Waals surface area contributed by atoms with Gasteiger partial charge in [0.2, 0.25) is 0 Å². The van der Waals surface area contributed by atoms with Crippen molar-refractivity contribution in [1.29, 1.82) is 0 Å². The van der Waals surface area contributed by atoms with Crippen molar-refractivity contribution in [2.75, 3.05) is 39.9 Å². The van der Waals surface area contributed by atoms with Gasteiger partial charge in [-0.1, -0.05) is 11.6 Å². The first kappa shape index (κ1) is 22.1. The maximum Gasteiger partial charge on any atom is 0.409 e. The number of benzene rings is 1. The molecule has 0 spiro atoms. The van der Waals surface area contributed by atoms with E-state index in [4.69, 9.17) is 21.1 Å². The second kappa shape index (κ2) is 11.6. The molecule has 1 aliphatic rings. The second-order valence-corrected chi connectivity index (χ2v) is 7.15. The van der Waals surface area contributed by atoms with Crippen molar-refractivity contribution in [3.8, 4) is 5.75 Å². The molecule has 1 aromatic carbocycles. The van der Waals surface area contributed by atoms with E-state index in [1.807, 2.05) is 32.0 Å². The predicted octanol–water partition coefficient (Wildman–Crippen LogP) is 3.20. The van der Waals surface area contributed by atoms with Gasteiger partial charge in [0.25, 0.3) is 0 Å². The van der Waals surface area contributed by atoms with Gasteiger partial charge >= 0.3 is 6.09 Å². The van der Waals surface area contributed by atoms with Crippen molar-refractivity contribution in [3.63, 3.8) is 0 Å². The van der Waals surface area contributed by atoms with Crippen LogP contribution < -0.4 is 15.4 Å². The molecular weight excluding hydrogens is 380 g/mol. The number of piperidine rings is 1. The van der Waals surface area contributed by atoms with Crippen LogP contribution in [0.25, 0.3) is 0 Å². The predicted molar refractivity (Wildman–Crippen MR) is 112 cm³/mol. The van der Waals surface area contributed by atoms with Gasteiger partial charge < -0.3 is 25.0 Å². The van der Waals surface area contributed by atoms with Crippen molar-refractivity contribution < 1.29 is 14.3 Å². The highest BCUT2D eigenvalue weighted by molar-refractivity contribution is 6.30. The molecule has 8 heteroatoms. The van der Waals surface area contributed by atoms with Crippen LogP contribution in [0, 0.1) is 6.92 Å². The normalized spacial score (nSPS) is 15.3. The van der Waals surface area contributed by atoms with E-state index in [1.165, 1.54) is 0 Å². The number of nitrogens with one attached hydrogen (secondary N) is 2. The van der Waals surface area contributed by atoms with Crippen LogP contribution in [-0.4, -0.2) is 62.9 Å². The lowest BCUT2D eigenvalue weighted by Crippen LogP contribution is -2.50. The van der Waals surface area contributed by atoms with E-state index >= 15 is 0 Å². The summed E-state index contributed by atoms with van der Waals surface area (Å²) >= 11 is 5.96. The Kier molecular flexibility index (Phi) is 9.20. The molecule has 2 rings (SSSR count). The number of hydrogen-bond donors (Lipinski definition) is 2. The Morgan fingerprint density at radius 3 is 2.75 bits per heavy atom. The summed E-state index contributed by atoms with van der Waals surface area (Å²) in [5.74, 6) is 1.64. The Balaban J connectivity index is 1.63. The Bertz CT molecular complexity index is 661. The molecule has 7 nitrogen and oxygen atoms in total. The first-order valence-corrected chi connectivity index (χ1v) is 10.2. The molecule has 156 valence electrons. The number of carbonyl (C=O) groups excluding carboxylic acids is 1. The van der Waals surface area contributed by atoms with Crippen molar-refractivity contribution in [2.24, 2.45) is 4.99 Å². The van der Waals surface area contributed by atoms with Gasteiger partial charge in [0, 0.05) is 37.7 Å².